The lowest BCUT2D eigenvalue weighted by molar-refractivity contribution is 0.00683. The van der Waals surface area contributed by atoms with Crippen molar-refractivity contribution in [1.82, 2.24) is 4.98 Å². The quantitative estimate of drug-likeness (QED) is 0.569. The Balaban J connectivity index is 1.81. The minimum Gasteiger partial charge on any atom is -0.456 e. The Morgan fingerprint density at radius 3 is 2.65 bits per heavy atom. The molecule has 0 atom stereocenters. The van der Waals surface area contributed by atoms with Crippen LogP contribution in [0.4, 0.5) is 5.82 Å². The van der Waals surface area contributed by atoms with Crippen LogP contribution in [0.15, 0.2) is 59.1 Å². The number of aromatic nitrogens is 1. The van der Waals surface area contributed by atoms with Crippen LogP contribution in [-0.4, -0.2) is 16.6 Å². The van der Waals surface area contributed by atoms with E-state index in [1.165, 1.54) is 0 Å². The molecule has 26 heavy (non-hydrogen) atoms. The largest absolute Gasteiger partial charge is 0.456 e. The molecular formula is C21H21BrN2O2. The summed E-state index contributed by atoms with van der Waals surface area (Å²) in [5.74, 6) is 0.434. The molecule has 0 saturated carbocycles. The van der Waals surface area contributed by atoms with E-state index in [4.69, 9.17) is 4.74 Å². The van der Waals surface area contributed by atoms with Crippen molar-refractivity contribution in [3.8, 4) is 0 Å². The van der Waals surface area contributed by atoms with Crippen LogP contribution < -0.4 is 5.32 Å². The van der Waals surface area contributed by atoms with Gasteiger partial charge in [0, 0.05) is 16.4 Å². The van der Waals surface area contributed by atoms with Crippen LogP contribution in [0.25, 0.3) is 10.9 Å². The SMILES string of the molecule is CC(C)(C)OC(=O)c1cc(Br)ccc1CNc1ccc2ccccc2n1. The third-order valence-electron chi connectivity index (χ3n) is 3.75. The smallest absolute Gasteiger partial charge is 0.339 e. The molecule has 3 rings (SSSR count). The second kappa shape index (κ2) is 7.46. The Labute approximate surface area is 161 Å². The number of nitrogens with zero attached hydrogens (tertiary/aromatic N) is 1. The number of para-hydroxylation sites is 1. The predicted octanol–water partition coefficient (Wildman–Crippen LogP) is 5.56. The van der Waals surface area contributed by atoms with Gasteiger partial charge >= 0.3 is 5.97 Å². The average molecular weight is 413 g/mol. The number of rotatable bonds is 4. The van der Waals surface area contributed by atoms with Crippen LogP contribution in [0.1, 0.15) is 36.7 Å². The molecule has 0 spiro atoms. The molecule has 2 aromatic carbocycles. The summed E-state index contributed by atoms with van der Waals surface area (Å²) in [6, 6.07) is 17.6. The molecule has 0 aliphatic rings. The maximum atomic E-state index is 12.5. The lowest BCUT2D eigenvalue weighted by Gasteiger charge is -2.21. The third kappa shape index (κ3) is 4.61. The van der Waals surface area contributed by atoms with Crippen LogP contribution >= 0.6 is 15.9 Å². The van der Waals surface area contributed by atoms with Gasteiger partial charge in [-0.15, -0.1) is 0 Å². The molecule has 1 aromatic heterocycles. The second-order valence-electron chi connectivity index (χ2n) is 7.05. The highest BCUT2D eigenvalue weighted by atomic mass is 79.9. The van der Waals surface area contributed by atoms with E-state index in [0.29, 0.717) is 12.1 Å². The Hall–Kier alpha value is -2.40. The van der Waals surface area contributed by atoms with Gasteiger partial charge in [-0.25, -0.2) is 9.78 Å². The summed E-state index contributed by atoms with van der Waals surface area (Å²) in [4.78, 5) is 17.1. The van der Waals surface area contributed by atoms with E-state index in [0.717, 1.165) is 26.8 Å². The van der Waals surface area contributed by atoms with Gasteiger partial charge in [-0.3, -0.25) is 0 Å². The van der Waals surface area contributed by atoms with E-state index in [2.05, 4.69) is 26.2 Å². The van der Waals surface area contributed by atoms with Gasteiger partial charge in [0.25, 0.3) is 0 Å². The number of anilines is 1. The second-order valence-corrected chi connectivity index (χ2v) is 7.96. The number of hydrogen-bond acceptors (Lipinski definition) is 4. The van der Waals surface area contributed by atoms with Crippen molar-refractivity contribution in [2.24, 2.45) is 0 Å². The Kier molecular flexibility index (Phi) is 5.28. The van der Waals surface area contributed by atoms with Crippen molar-refractivity contribution >= 4 is 38.6 Å². The first kappa shape index (κ1) is 18.4. The number of ether oxygens (including phenoxy) is 1. The average Bonchev–Trinajstić information content (AvgIpc) is 2.59. The molecule has 3 aromatic rings. The number of halogens is 1. The first-order valence-electron chi connectivity index (χ1n) is 8.43. The van der Waals surface area contributed by atoms with E-state index < -0.39 is 5.60 Å². The molecule has 0 fully saturated rings. The zero-order valence-corrected chi connectivity index (χ0v) is 16.6. The van der Waals surface area contributed by atoms with Crippen molar-refractivity contribution in [3.05, 3.63) is 70.2 Å². The predicted molar refractivity (Wildman–Crippen MR) is 108 cm³/mol. The van der Waals surface area contributed by atoms with Crippen LogP contribution in [0, 0.1) is 0 Å². The first-order chi connectivity index (χ1) is 12.3. The maximum Gasteiger partial charge on any atom is 0.339 e. The number of benzene rings is 2. The summed E-state index contributed by atoms with van der Waals surface area (Å²) in [6.07, 6.45) is 0. The minimum atomic E-state index is -0.538. The highest BCUT2D eigenvalue weighted by Crippen LogP contribution is 2.22. The van der Waals surface area contributed by atoms with Crippen molar-refractivity contribution in [2.45, 2.75) is 32.9 Å². The minimum absolute atomic E-state index is 0.331. The number of pyridine rings is 1. The lowest BCUT2D eigenvalue weighted by atomic mass is 10.1. The molecule has 0 unspecified atom stereocenters. The van der Waals surface area contributed by atoms with E-state index in [1.54, 1.807) is 6.07 Å². The summed E-state index contributed by atoms with van der Waals surface area (Å²) >= 11 is 3.43. The number of carbonyl (C=O) groups excluding carboxylic acids is 1. The molecule has 0 radical (unpaired) electrons. The van der Waals surface area contributed by atoms with Gasteiger partial charge in [0.1, 0.15) is 11.4 Å². The molecule has 0 saturated heterocycles. The van der Waals surface area contributed by atoms with E-state index in [-0.39, 0.29) is 5.97 Å². The molecule has 134 valence electrons. The lowest BCUT2D eigenvalue weighted by Crippen LogP contribution is -2.25. The van der Waals surface area contributed by atoms with Gasteiger partial charge in [-0.05, 0) is 56.7 Å². The monoisotopic (exact) mass is 412 g/mol. The number of hydrogen-bond donors (Lipinski definition) is 1. The number of fused-ring (bicyclic) bond motifs is 1. The normalized spacial score (nSPS) is 11.4. The number of nitrogens with one attached hydrogen (secondary N) is 1. The van der Waals surface area contributed by atoms with E-state index in [9.17, 15) is 4.79 Å². The van der Waals surface area contributed by atoms with Gasteiger partial charge in [0.15, 0.2) is 0 Å². The fourth-order valence-electron chi connectivity index (χ4n) is 2.58. The van der Waals surface area contributed by atoms with Crippen LogP contribution in [-0.2, 0) is 11.3 Å². The highest BCUT2D eigenvalue weighted by Gasteiger charge is 2.20. The fourth-order valence-corrected chi connectivity index (χ4v) is 2.94. The van der Waals surface area contributed by atoms with Gasteiger partial charge in [-0.1, -0.05) is 40.2 Å². The number of esters is 1. The summed E-state index contributed by atoms with van der Waals surface area (Å²) in [6.45, 7) is 6.06. The molecule has 4 nitrogen and oxygen atoms in total. The van der Waals surface area contributed by atoms with Crippen LogP contribution in [0.2, 0.25) is 0 Å². The van der Waals surface area contributed by atoms with E-state index >= 15 is 0 Å². The zero-order valence-electron chi connectivity index (χ0n) is 15.0. The van der Waals surface area contributed by atoms with Crippen LogP contribution in [0.5, 0.6) is 0 Å². The van der Waals surface area contributed by atoms with Crippen LogP contribution in [0.3, 0.4) is 0 Å². The molecule has 0 amide bonds. The molecule has 0 aliphatic heterocycles. The van der Waals surface area contributed by atoms with Gasteiger partial charge in [0.05, 0.1) is 11.1 Å². The number of carbonyl (C=O) groups is 1. The van der Waals surface area contributed by atoms with Crippen molar-refractivity contribution in [2.75, 3.05) is 5.32 Å². The highest BCUT2D eigenvalue weighted by molar-refractivity contribution is 9.10. The molecule has 5 heteroatoms. The van der Waals surface area contributed by atoms with Crippen molar-refractivity contribution in [1.29, 1.82) is 0 Å². The topological polar surface area (TPSA) is 51.2 Å². The summed E-state index contributed by atoms with van der Waals surface area (Å²) in [7, 11) is 0. The summed E-state index contributed by atoms with van der Waals surface area (Å²) < 4.78 is 6.36. The first-order valence-corrected chi connectivity index (χ1v) is 9.22. The van der Waals surface area contributed by atoms with Crippen molar-refractivity contribution in [3.63, 3.8) is 0 Å². The standard InChI is InChI=1S/C21H21BrN2O2/c1-21(2,3)26-20(25)17-12-16(22)10-8-15(17)13-23-19-11-9-14-6-4-5-7-18(14)24-19/h4-12H,13H2,1-3H3,(H,23,24). The molecule has 1 heterocycles. The summed E-state index contributed by atoms with van der Waals surface area (Å²) in [5, 5.41) is 4.39. The maximum absolute atomic E-state index is 12.5. The Morgan fingerprint density at radius 2 is 1.88 bits per heavy atom. The van der Waals surface area contributed by atoms with Crippen molar-refractivity contribution < 1.29 is 9.53 Å². The zero-order chi connectivity index (χ0) is 18.7. The third-order valence-corrected chi connectivity index (χ3v) is 4.24. The molecule has 0 aliphatic carbocycles. The van der Waals surface area contributed by atoms with Gasteiger partial charge < -0.3 is 10.1 Å². The summed E-state index contributed by atoms with van der Waals surface area (Å²) in [5.41, 5.74) is 1.80. The van der Waals surface area contributed by atoms with Gasteiger partial charge in [0.2, 0.25) is 0 Å². The Bertz CT molecular complexity index is 948. The van der Waals surface area contributed by atoms with Gasteiger partial charge in [-0.2, -0.15) is 0 Å². The molecular weight excluding hydrogens is 392 g/mol. The Morgan fingerprint density at radius 1 is 1.12 bits per heavy atom. The van der Waals surface area contributed by atoms with E-state index in [1.807, 2.05) is 69.3 Å². The molecule has 0 bridgehead atoms. The molecule has 1 N–H and O–H groups in total. The fraction of sp³-hybridized carbons (Fsp3) is 0.238.